The summed E-state index contributed by atoms with van der Waals surface area (Å²) in [6.45, 7) is 0.887. The first-order valence-electron chi connectivity index (χ1n) is 9.62. The highest BCUT2D eigenvalue weighted by Gasteiger charge is 2.22. The maximum Gasteiger partial charge on any atom is 0.249 e. The average Bonchev–Trinajstić information content (AvgIpc) is 2.64. The van der Waals surface area contributed by atoms with Gasteiger partial charge in [0.1, 0.15) is 12.4 Å². The maximum atomic E-state index is 12.0. The van der Waals surface area contributed by atoms with E-state index in [1.807, 2.05) is 6.07 Å². The van der Waals surface area contributed by atoms with Gasteiger partial charge in [0.05, 0.1) is 0 Å². The van der Waals surface area contributed by atoms with Crippen molar-refractivity contribution in [2.75, 3.05) is 6.61 Å². The summed E-state index contributed by atoms with van der Waals surface area (Å²) in [4.78, 5) is 12.0. The quantitative estimate of drug-likeness (QED) is 0.170. The molecule has 0 fully saturated rings. The third-order valence-corrected chi connectivity index (χ3v) is 4.24. The summed E-state index contributed by atoms with van der Waals surface area (Å²) < 4.78 is 5.42. The molecule has 7 heteroatoms. The Morgan fingerprint density at radius 3 is 2.15 bits per heavy atom. The molecule has 0 saturated carbocycles. The first-order chi connectivity index (χ1) is 12.8. The lowest BCUT2D eigenvalue weighted by molar-refractivity contribution is -0.206. The van der Waals surface area contributed by atoms with Crippen LogP contribution >= 0.6 is 0 Å². The van der Waals surface area contributed by atoms with Gasteiger partial charge in [0.25, 0.3) is 0 Å². The van der Waals surface area contributed by atoms with Gasteiger partial charge in [0.15, 0.2) is 5.79 Å². The number of hydroxylamine groups is 2. The number of amides is 1. The molecule has 1 amide bonds. The van der Waals surface area contributed by atoms with Crippen molar-refractivity contribution in [3.8, 4) is 5.75 Å². The van der Waals surface area contributed by atoms with E-state index in [1.165, 1.54) is 6.92 Å². The first kappa shape index (κ1) is 23.4. The summed E-state index contributed by atoms with van der Waals surface area (Å²) in [5.41, 5.74) is 0. The number of rotatable bonds is 14. The third-order valence-electron chi connectivity index (χ3n) is 4.24. The van der Waals surface area contributed by atoms with Crippen LogP contribution in [-0.4, -0.2) is 50.1 Å². The zero-order valence-corrected chi connectivity index (χ0v) is 16.1. The normalized spacial score (nSPS) is 12.6. The lowest BCUT2D eigenvalue weighted by atomic mass is 10.0. The molecule has 1 rings (SSSR count). The average molecular weight is 383 g/mol. The Hall–Kier alpha value is -1.67. The summed E-state index contributed by atoms with van der Waals surface area (Å²) >= 11 is 0. The van der Waals surface area contributed by atoms with Crippen LogP contribution in [0, 0.1) is 0 Å². The second kappa shape index (κ2) is 12.7. The van der Waals surface area contributed by atoms with Gasteiger partial charge in [0, 0.05) is 12.8 Å². The smallest absolute Gasteiger partial charge is 0.249 e. The molecule has 1 atom stereocenters. The van der Waals surface area contributed by atoms with Crippen molar-refractivity contribution in [1.29, 1.82) is 0 Å². The van der Waals surface area contributed by atoms with Crippen molar-refractivity contribution in [3.05, 3.63) is 30.3 Å². The van der Waals surface area contributed by atoms with Crippen LogP contribution in [0.5, 0.6) is 5.75 Å². The predicted molar refractivity (Wildman–Crippen MR) is 101 cm³/mol. The van der Waals surface area contributed by atoms with E-state index in [2.05, 4.69) is 0 Å². The van der Waals surface area contributed by atoms with Crippen LogP contribution in [0.15, 0.2) is 30.3 Å². The Kier molecular flexibility index (Phi) is 11.0. The molecular formula is C20H33NO6. The molecule has 1 aromatic carbocycles. The van der Waals surface area contributed by atoms with E-state index in [9.17, 15) is 25.3 Å². The van der Waals surface area contributed by atoms with E-state index in [0.717, 1.165) is 38.5 Å². The van der Waals surface area contributed by atoms with Crippen molar-refractivity contribution < 1.29 is 30.1 Å². The third kappa shape index (κ3) is 10.9. The molecule has 7 nitrogen and oxygen atoms in total. The summed E-state index contributed by atoms with van der Waals surface area (Å²) in [5, 5.41) is 38.2. The van der Waals surface area contributed by atoms with E-state index in [1.54, 1.807) is 24.3 Å². The predicted octanol–water partition coefficient (Wildman–Crippen LogP) is 2.81. The summed E-state index contributed by atoms with van der Waals surface area (Å²) in [6.07, 6.45) is 5.76. The van der Waals surface area contributed by atoms with Crippen LogP contribution in [0.25, 0.3) is 0 Å². The Balaban J connectivity index is 2.14. The van der Waals surface area contributed by atoms with Crippen molar-refractivity contribution in [2.24, 2.45) is 0 Å². The molecule has 0 saturated heterocycles. The molecule has 0 aliphatic carbocycles. The van der Waals surface area contributed by atoms with Gasteiger partial charge in [-0.2, -0.15) is 5.06 Å². The minimum atomic E-state index is -1.58. The number of aliphatic hydroxyl groups excluding tert-OH is 1. The number of nitrogens with zero attached hydrogens (tertiary/aromatic N) is 1. The van der Waals surface area contributed by atoms with Gasteiger partial charge < -0.3 is 20.1 Å². The molecule has 0 spiro atoms. The second-order valence-electron chi connectivity index (χ2n) is 7.00. The molecule has 0 aliphatic rings. The molecule has 0 bridgehead atoms. The highest BCUT2D eigenvalue weighted by Crippen LogP contribution is 2.15. The number of ether oxygens (including phenoxy) is 1. The number of para-hydroxylation sites is 1. The number of benzene rings is 1. The van der Waals surface area contributed by atoms with Crippen LogP contribution in [0.1, 0.15) is 64.7 Å². The monoisotopic (exact) mass is 383 g/mol. The van der Waals surface area contributed by atoms with Gasteiger partial charge in [-0.05, 0) is 31.9 Å². The minimum Gasteiger partial charge on any atom is -0.466 e. The fourth-order valence-electron chi connectivity index (χ4n) is 2.72. The van der Waals surface area contributed by atoms with E-state index < -0.39 is 24.5 Å². The van der Waals surface area contributed by atoms with E-state index in [-0.39, 0.29) is 6.42 Å². The number of aliphatic hydroxyl groups is 3. The van der Waals surface area contributed by atoms with Crippen molar-refractivity contribution >= 4 is 5.91 Å². The van der Waals surface area contributed by atoms with E-state index in [4.69, 9.17) is 4.74 Å². The van der Waals surface area contributed by atoms with Gasteiger partial charge in [-0.15, -0.1) is 0 Å². The molecule has 1 unspecified atom stereocenters. The van der Waals surface area contributed by atoms with Crippen molar-refractivity contribution in [2.45, 2.75) is 76.7 Å². The molecule has 0 aromatic heterocycles. The van der Waals surface area contributed by atoms with Gasteiger partial charge >= 0.3 is 0 Å². The summed E-state index contributed by atoms with van der Waals surface area (Å²) in [7, 11) is 0. The molecular weight excluding hydrogens is 350 g/mol. The number of hydrogen-bond acceptors (Lipinski definition) is 6. The van der Waals surface area contributed by atoms with E-state index >= 15 is 0 Å². The van der Waals surface area contributed by atoms with Crippen LogP contribution in [-0.2, 0) is 4.79 Å². The van der Waals surface area contributed by atoms with Crippen LogP contribution in [0.2, 0.25) is 0 Å². The van der Waals surface area contributed by atoms with Crippen molar-refractivity contribution in [3.63, 3.8) is 0 Å². The van der Waals surface area contributed by atoms with E-state index in [0.29, 0.717) is 23.7 Å². The Bertz CT molecular complexity index is 517. The Morgan fingerprint density at radius 1 is 1.04 bits per heavy atom. The standard InChI is InChI=1S/C20H33NO6/c1-20(24,25)15-11-6-4-2-3-5-10-14-18(23)21(26)19(16-22)27-17-12-8-7-9-13-17/h7-9,12-13,19,22,24-26H,2-6,10-11,14-16H2,1H3. The summed E-state index contributed by atoms with van der Waals surface area (Å²) in [6, 6.07) is 8.71. The molecule has 0 aliphatic heterocycles. The Morgan fingerprint density at radius 2 is 1.59 bits per heavy atom. The second-order valence-corrected chi connectivity index (χ2v) is 7.00. The Labute approximate surface area is 161 Å². The van der Waals surface area contributed by atoms with Crippen LogP contribution in [0.3, 0.4) is 0 Å². The van der Waals surface area contributed by atoms with Crippen LogP contribution < -0.4 is 4.74 Å². The highest BCUT2D eigenvalue weighted by atomic mass is 16.6. The molecule has 0 heterocycles. The lowest BCUT2D eigenvalue weighted by Crippen LogP contribution is -2.43. The molecule has 1 aromatic rings. The largest absolute Gasteiger partial charge is 0.466 e. The van der Waals surface area contributed by atoms with Gasteiger partial charge in [-0.1, -0.05) is 50.3 Å². The number of hydrogen-bond donors (Lipinski definition) is 4. The molecule has 0 radical (unpaired) electrons. The number of unbranched alkanes of at least 4 members (excludes halogenated alkanes) is 6. The topological polar surface area (TPSA) is 110 Å². The zero-order chi connectivity index (χ0) is 20.1. The maximum absolute atomic E-state index is 12.0. The fourth-order valence-corrected chi connectivity index (χ4v) is 2.72. The highest BCUT2D eigenvalue weighted by molar-refractivity contribution is 5.75. The zero-order valence-electron chi connectivity index (χ0n) is 16.1. The van der Waals surface area contributed by atoms with Crippen molar-refractivity contribution in [1.82, 2.24) is 5.06 Å². The molecule has 154 valence electrons. The first-order valence-corrected chi connectivity index (χ1v) is 9.62. The fraction of sp³-hybridized carbons (Fsp3) is 0.650. The SMILES string of the molecule is CC(O)(O)CCCCCCCCCC(=O)N(O)C(CO)Oc1ccccc1. The molecule has 27 heavy (non-hydrogen) atoms. The lowest BCUT2D eigenvalue weighted by Gasteiger charge is -2.25. The summed E-state index contributed by atoms with van der Waals surface area (Å²) in [5.74, 6) is -1.59. The minimum absolute atomic E-state index is 0.193. The molecule has 4 N–H and O–H groups in total. The van der Waals surface area contributed by atoms with Gasteiger partial charge in [-0.3, -0.25) is 10.0 Å². The van der Waals surface area contributed by atoms with Gasteiger partial charge in [0.2, 0.25) is 12.1 Å². The van der Waals surface area contributed by atoms with Gasteiger partial charge in [-0.25, -0.2) is 0 Å². The van der Waals surface area contributed by atoms with Crippen LogP contribution in [0.4, 0.5) is 0 Å². The number of carbonyl (C=O) groups excluding carboxylic acids is 1. The number of carbonyl (C=O) groups is 1.